The molecule has 0 saturated heterocycles. The number of hydrogen-bond donors (Lipinski definition) is 3. The van der Waals surface area contributed by atoms with E-state index in [1.54, 1.807) is 0 Å². The van der Waals surface area contributed by atoms with Crippen LogP contribution >= 0.6 is 0 Å². The average molecular weight is 240 g/mol. The summed E-state index contributed by atoms with van der Waals surface area (Å²) in [7, 11) is 0. The second-order valence-electron chi connectivity index (χ2n) is 3.65. The molecule has 1 atom stereocenters. The third-order valence-corrected chi connectivity index (χ3v) is 2.25. The molecule has 1 aromatic rings. The maximum absolute atomic E-state index is 12.6. The van der Waals surface area contributed by atoms with E-state index < -0.39 is 6.10 Å². The highest BCUT2D eigenvalue weighted by molar-refractivity contribution is 5.77. The molecule has 0 saturated carbocycles. The number of nitrogens with one attached hydrogen (secondary N) is 2. The topological polar surface area (TPSA) is 61.4 Å². The molecule has 17 heavy (non-hydrogen) atoms. The van der Waals surface area contributed by atoms with E-state index in [1.165, 1.54) is 24.3 Å². The van der Waals surface area contributed by atoms with Crippen molar-refractivity contribution in [3.8, 4) is 0 Å². The summed E-state index contributed by atoms with van der Waals surface area (Å²) < 4.78 is 12.6. The molecule has 1 unspecified atom stereocenters. The zero-order valence-corrected chi connectivity index (χ0v) is 9.74. The number of halogens is 1. The molecule has 0 bridgehead atoms. The van der Waals surface area contributed by atoms with E-state index >= 15 is 0 Å². The molecule has 0 aliphatic rings. The van der Waals surface area contributed by atoms with Gasteiger partial charge in [0.05, 0.1) is 12.6 Å². The lowest BCUT2D eigenvalue weighted by Gasteiger charge is -2.11. The van der Waals surface area contributed by atoms with Crippen molar-refractivity contribution in [2.45, 2.75) is 13.0 Å². The van der Waals surface area contributed by atoms with Crippen LogP contribution in [-0.2, 0) is 4.79 Å². The number of hydrogen-bond acceptors (Lipinski definition) is 3. The summed E-state index contributed by atoms with van der Waals surface area (Å²) >= 11 is 0. The summed E-state index contributed by atoms with van der Waals surface area (Å²) in [5.41, 5.74) is 0.620. The molecule has 1 aromatic carbocycles. The Morgan fingerprint density at radius 2 is 2.06 bits per heavy atom. The van der Waals surface area contributed by atoms with Crippen molar-refractivity contribution in [3.63, 3.8) is 0 Å². The monoisotopic (exact) mass is 240 g/mol. The zero-order valence-electron chi connectivity index (χ0n) is 9.74. The maximum Gasteiger partial charge on any atom is 0.233 e. The van der Waals surface area contributed by atoms with Gasteiger partial charge in [0, 0.05) is 13.1 Å². The molecule has 0 aliphatic carbocycles. The number of aliphatic hydroxyl groups is 1. The summed E-state index contributed by atoms with van der Waals surface area (Å²) in [5.74, 6) is -0.449. The number of carbonyl (C=O) groups excluding carboxylic acids is 1. The lowest BCUT2D eigenvalue weighted by molar-refractivity contribution is -0.120. The van der Waals surface area contributed by atoms with Crippen molar-refractivity contribution in [1.29, 1.82) is 0 Å². The molecule has 1 rings (SSSR count). The highest BCUT2D eigenvalue weighted by Gasteiger charge is 2.07. The first-order valence-corrected chi connectivity index (χ1v) is 5.54. The summed E-state index contributed by atoms with van der Waals surface area (Å²) in [6.07, 6.45) is -0.745. The van der Waals surface area contributed by atoms with Gasteiger partial charge < -0.3 is 15.7 Å². The van der Waals surface area contributed by atoms with Gasteiger partial charge in [-0.2, -0.15) is 0 Å². The molecule has 3 N–H and O–H groups in total. The Kier molecular flexibility index (Phi) is 5.59. The highest BCUT2D eigenvalue weighted by Crippen LogP contribution is 2.11. The van der Waals surface area contributed by atoms with E-state index in [4.69, 9.17) is 0 Å². The maximum atomic E-state index is 12.6. The van der Waals surface area contributed by atoms with Crippen LogP contribution in [0.25, 0.3) is 0 Å². The summed E-state index contributed by atoms with van der Waals surface area (Å²) in [5, 5.41) is 15.2. The Morgan fingerprint density at radius 3 is 2.65 bits per heavy atom. The van der Waals surface area contributed by atoms with Crippen LogP contribution in [0.4, 0.5) is 4.39 Å². The first kappa shape index (κ1) is 13.6. The first-order chi connectivity index (χ1) is 8.13. The van der Waals surface area contributed by atoms with Crippen LogP contribution in [0.5, 0.6) is 0 Å². The molecular formula is C12H17FN2O2. The van der Waals surface area contributed by atoms with E-state index in [0.717, 1.165) is 0 Å². The minimum absolute atomic E-state index is 0.112. The molecule has 0 spiro atoms. The van der Waals surface area contributed by atoms with Gasteiger partial charge in [-0.15, -0.1) is 0 Å². The van der Waals surface area contributed by atoms with E-state index in [2.05, 4.69) is 10.6 Å². The van der Waals surface area contributed by atoms with Crippen molar-refractivity contribution in [2.24, 2.45) is 0 Å². The van der Waals surface area contributed by atoms with Crippen LogP contribution in [0.15, 0.2) is 24.3 Å². The smallest absolute Gasteiger partial charge is 0.233 e. The lowest BCUT2D eigenvalue weighted by atomic mass is 10.1. The SMILES string of the molecule is CCNC(=O)CNCC(O)c1ccc(F)cc1. The van der Waals surface area contributed by atoms with Gasteiger partial charge in [0.25, 0.3) is 0 Å². The third kappa shape index (κ3) is 4.93. The second kappa shape index (κ2) is 6.98. The fourth-order valence-corrected chi connectivity index (χ4v) is 1.38. The number of aliphatic hydroxyl groups excluding tert-OH is 1. The molecule has 1 amide bonds. The van der Waals surface area contributed by atoms with Gasteiger partial charge in [-0.05, 0) is 24.6 Å². The molecule has 0 aromatic heterocycles. The third-order valence-electron chi connectivity index (χ3n) is 2.25. The van der Waals surface area contributed by atoms with Crippen molar-refractivity contribution >= 4 is 5.91 Å². The zero-order chi connectivity index (χ0) is 12.7. The molecule has 0 heterocycles. The molecular weight excluding hydrogens is 223 g/mol. The van der Waals surface area contributed by atoms with Gasteiger partial charge in [-0.3, -0.25) is 4.79 Å². The van der Waals surface area contributed by atoms with Crippen LogP contribution < -0.4 is 10.6 Å². The highest BCUT2D eigenvalue weighted by atomic mass is 19.1. The van der Waals surface area contributed by atoms with Gasteiger partial charge in [0.2, 0.25) is 5.91 Å². The average Bonchev–Trinajstić information content (AvgIpc) is 2.30. The minimum atomic E-state index is -0.745. The van der Waals surface area contributed by atoms with Crippen LogP contribution in [-0.4, -0.2) is 30.6 Å². The van der Waals surface area contributed by atoms with Crippen molar-refractivity contribution in [1.82, 2.24) is 10.6 Å². The fraction of sp³-hybridized carbons (Fsp3) is 0.417. The number of likely N-dealkylation sites (N-methyl/N-ethyl adjacent to an activating group) is 1. The Bertz CT molecular complexity index is 354. The Hall–Kier alpha value is -1.46. The van der Waals surface area contributed by atoms with Crippen LogP contribution in [0, 0.1) is 5.82 Å². The van der Waals surface area contributed by atoms with Gasteiger partial charge >= 0.3 is 0 Å². The summed E-state index contributed by atoms with van der Waals surface area (Å²) in [6, 6.07) is 5.63. The fourth-order valence-electron chi connectivity index (χ4n) is 1.38. The molecule has 94 valence electrons. The Labute approximate surface area is 99.8 Å². The molecule has 0 fully saturated rings. The van der Waals surface area contributed by atoms with E-state index in [0.29, 0.717) is 12.1 Å². The number of rotatable bonds is 6. The van der Waals surface area contributed by atoms with Crippen molar-refractivity contribution < 1.29 is 14.3 Å². The summed E-state index contributed by atoms with van der Waals surface area (Å²) in [6.45, 7) is 2.83. The van der Waals surface area contributed by atoms with Crippen LogP contribution in [0.3, 0.4) is 0 Å². The van der Waals surface area contributed by atoms with Gasteiger partial charge in [-0.25, -0.2) is 4.39 Å². The summed E-state index contributed by atoms with van der Waals surface area (Å²) in [4.78, 5) is 11.1. The van der Waals surface area contributed by atoms with Crippen LogP contribution in [0.1, 0.15) is 18.6 Å². The predicted octanol–water partition coefficient (Wildman–Crippen LogP) is 0.585. The quantitative estimate of drug-likeness (QED) is 0.682. The van der Waals surface area contributed by atoms with Gasteiger partial charge in [0.1, 0.15) is 5.82 Å². The number of amides is 1. The predicted molar refractivity (Wildman–Crippen MR) is 62.9 cm³/mol. The first-order valence-electron chi connectivity index (χ1n) is 5.54. The minimum Gasteiger partial charge on any atom is -0.387 e. The van der Waals surface area contributed by atoms with Crippen molar-refractivity contribution in [3.05, 3.63) is 35.6 Å². The van der Waals surface area contributed by atoms with E-state index in [-0.39, 0.29) is 24.8 Å². The normalized spacial score (nSPS) is 12.2. The number of benzene rings is 1. The van der Waals surface area contributed by atoms with Gasteiger partial charge in [-0.1, -0.05) is 12.1 Å². The molecule has 4 nitrogen and oxygen atoms in total. The van der Waals surface area contributed by atoms with E-state index in [1.807, 2.05) is 6.92 Å². The Balaban J connectivity index is 2.32. The molecule has 0 radical (unpaired) electrons. The standard InChI is InChI=1S/C12H17FN2O2/c1-2-15-12(17)8-14-7-11(16)9-3-5-10(13)6-4-9/h3-6,11,14,16H,2,7-8H2,1H3,(H,15,17). The van der Waals surface area contributed by atoms with Gasteiger partial charge in [0.15, 0.2) is 0 Å². The molecule has 5 heteroatoms. The van der Waals surface area contributed by atoms with Crippen LogP contribution in [0.2, 0.25) is 0 Å². The van der Waals surface area contributed by atoms with Crippen molar-refractivity contribution in [2.75, 3.05) is 19.6 Å². The molecule has 0 aliphatic heterocycles. The lowest BCUT2D eigenvalue weighted by Crippen LogP contribution is -2.35. The Morgan fingerprint density at radius 1 is 1.41 bits per heavy atom. The van der Waals surface area contributed by atoms with E-state index in [9.17, 15) is 14.3 Å². The largest absolute Gasteiger partial charge is 0.387 e. The second-order valence-corrected chi connectivity index (χ2v) is 3.65. The number of carbonyl (C=O) groups is 1.